The zero-order valence-electron chi connectivity index (χ0n) is 34.7. The largest absolute Gasteiger partial charge is 0.361 e. The molecule has 2 aromatic carbocycles. The smallest absolute Gasteiger partial charge is 0.245 e. The van der Waals surface area contributed by atoms with Crippen molar-refractivity contribution in [1.82, 2.24) is 41.8 Å². The molecule has 6 rings (SSSR count). The fraction of sp³-hybridized carbons (Fsp3) is 0.511. The maximum Gasteiger partial charge on any atom is 0.245 e. The summed E-state index contributed by atoms with van der Waals surface area (Å²) >= 11 is 0. The zero-order valence-corrected chi connectivity index (χ0v) is 34.7. The highest BCUT2D eigenvalue weighted by molar-refractivity contribution is 5.98. The van der Waals surface area contributed by atoms with Crippen LogP contribution in [0.2, 0.25) is 0 Å². The van der Waals surface area contributed by atoms with Gasteiger partial charge < -0.3 is 41.8 Å². The molecule has 0 spiro atoms. The molecule has 1 saturated carbocycles. The fourth-order valence-electron chi connectivity index (χ4n) is 8.81. The van der Waals surface area contributed by atoms with Gasteiger partial charge in [-0.1, -0.05) is 80.6 Å². The molecule has 7 amide bonds. The summed E-state index contributed by atoms with van der Waals surface area (Å²) in [4.78, 5) is 102. The number of benzene rings is 2. The molecular weight excluding hydrogens is 779 g/mol. The van der Waals surface area contributed by atoms with Gasteiger partial charge in [-0.25, -0.2) is 0 Å². The Kier molecular flexibility index (Phi) is 15.5. The van der Waals surface area contributed by atoms with E-state index in [0.29, 0.717) is 19.3 Å². The molecule has 7 N–H and O–H groups in total. The van der Waals surface area contributed by atoms with Gasteiger partial charge in [-0.05, 0) is 55.2 Å². The standard InChI is InChI=1S/C45H57N9O7/c1-28(55)49-36(24-29-12-4-2-5-13-29)41(57)51-35-18-10-22-47-40(56)34(20-21-46)50-43(59)38(26-31-27-48-33-17-9-8-16-32(31)33)52-42(58)37(25-30-14-6-3-7-15-30)53-44(60)39-19-11-23-54(39)45(35)61/h2,4-5,8-9,12-13,16-17,27,30,34-39,48H,3,6-7,10-11,14-15,18-20,22-26H2,1H3,(H,47,56)(H,49,55)(H,50,59)(H,51,57)(H,52,58)(H,53,60)/t34-,35-,36-,37+,38-,39-/m0/s1. The molecule has 6 atom stereocenters. The van der Waals surface area contributed by atoms with Crippen molar-refractivity contribution in [1.29, 1.82) is 5.26 Å². The highest BCUT2D eigenvalue weighted by Gasteiger charge is 2.40. The van der Waals surface area contributed by atoms with Crippen LogP contribution < -0.4 is 31.9 Å². The van der Waals surface area contributed by atoms with E-state index in [-0.39, 0.29) is 51.1 Å². The summed E-state index contributed by atoms with van der Waals surface area (Å²) < 4.78 is 0. The second-order valence-electron chi connectivity index (χ2n) is 16.5. The number of hydrogen-bond acceptors (Lipinski definition) is 8. The first-order chi connectivity index (χ1) is 29.5. The van der Waals surface area contributed by atoms with Crippen LogP contribution >= 0.6 is 0 Å². The van der Waals surface area contributed by atoms with Crippen molar-refractivity contribution < 1.29 is 33.6 Å². The molecule has 1 aromatic heterocycles. The molecule has 2 saturated heterocycles. The molecule has 16 heteroatoms. The van der Waals surface area contributed by atoms with E-state index in [0.717, 1.165) is 54.1 Å². The first-order valence-corrected chi connectivity index (χ1v) is 21.5. The van der Waals surface area contributed by atoms with Crippen molar-refractivity contribution in [3.05, 3.63) is 71.9 Å². The summed E-state index contributed by atoms with van der Waals surface area (Å²) in [7, 11) is 0. The number of nitrogens with zero attached hydrogens (tertiary/aromatic N) is 2. The first kappa shape index (κ1) is 44.3. The van der Waals surface area contributed by atoms with E-state index in [2.05, 4.69) is 36.9 Å². The topological polar surface area (TPSA) is 234 Å². The Hall–Kier alpha value is -6.24. The van der Waals surface area contributed by atoms with Crippen molar-refractivity contribution >= 4 is 52.3 Å². The molecule has 3 aromatic rings. The Bertz CT molecular complexity index is 2090. The lowest BCUT2D eigenvalue weighted by molar-refractivity contribution is -0.142. The van der Waals surface area contributed by atoms with Crippen molar-refractivity contribution in [3.8, 4) is 6.07 Å². The lowest BCUT2D eigenvalue weighted by Crippen LogP contribution is -2.60. The van der Waals surface area contributed by atoms with Gasteiger partial charge in [0.25, 0.3) is 0 Å². The van der Waals surface area contributed by atoms with Crippen molar-refractivity contribution in [3.63, 3.8) is 0 Å². The Labute approximate surface area is 355 Å². The Morgan fingerprint density at radius 1 is 0.803 bits per heavy atom. The number of fused-ring (bicyclic) bond motifs is 2. The minimum atomic E-state index is -1.27. The van der Waals surface area contributed by atoms with Crippen LogP contribution in [-0.2, 0) is 46.4 Å². The number of amides is 7. The molecule has 61 heavy (non-hydrogen) atoms. The normalized spacial score (nSPS) is 24.2. The maximum absolute atomic E-state index is 14.5. The summed E-state index contributed by atoms with van der Waals surface area (Å²) in [6.45, 7) is 1.57. The number of para-hydroxylation sites is 1. The molecule has 324 valence electrons. The van der Waals surface area contributed by atoms with Crippen LogP contribution in [0, 0.1) is 17.2 Å². The second kappa shape index (κ2) is 21.3. The number of carbonyl (C=O) groups is 7. The van der Waals surface area contributed by atoms with Crippen LogP contribution in [-0.4, -0.2) is 101 Å². The van der Waals surface area contributed by atoms with E-state index in [1.807, 2.05) is 60.7 Å². The van der Waals surface area contributed by atoms with E-state index in [9.17, 15) is 38.8 Å². The van der Waals surface area contributed by atoms with Gasteiger partial charge in [0.2, 0.25) is 41.4 Å². The van der Waals surface area contributed by atoms with Gasteiger partial charge >= 0.3 is 0 Å². The predicted octanol–water partition coefficient (Wildman–Crippen LogP) is 2.18. The maximum atomic E-state index is 14.5. The fourth-order valence-corrected chi connectivity index (χ4v) is 8.81. The number of carbonyl (C=O) groups excluding carboxylic acids is 7. The number of rotatable bonds is 10. The van der Waals surface area contributed by atoms with Crippen LogP contribution in [0.3, 0.4) is 0 Å². The van der Waals surface area contributed by atoms with Crippen LogP contribution in [0.1, 0.15) is 88.7 Å². The average molecular weight is 836 g/mol. The minimum Gasteiger partial charge on any atom is -0.361 e. The van der Waals surface area contributed by atoms with Gasteiger partial charge in [0.1, 0.15) is 36.3 Å². The van der Waals surface area contributed by atoms with Crippen molar-refractivity contribution in [2.75, 3.05) is 13.1 Å². The van der Waals surface area contributed by atoms with Crippen molar-refractivity contribution in [2.45, 2.75) is 127 Å². The van der Waals surface area contributed by atoms with Gasteiger partial charge in [-0.2, -0.15) is 5.26 Å². The lowest BCUT2D eigenvalue weighted by Gasteiger charge is -2.32. The molecule has 3 fully saturated rings. The molecule has 2 aliphatic heterocycles. The van der Waals surface area contributed by atoms with Gasteiger partial charge in [0, 0.05) is 50.0 Å². The number of nitriles is 1. The second-order valence-corrected chi connectivity index (χ2v) is 16.5. The third-order valence-corrected chi connectivity index (χ3v) is 12.0. The number of aromatic amines is 1. The Balaban J connectivity index is 1.30. The lowest BCUT2D eigenvalue weighted by atomic mass is 9.84. The monoisotopic (exact) mass is 835 g/mol. The highest BCUT2D eigenvalue weighted by atomic mass is 16.2. The van der Waals surface area contributed by atoms with Crippen LogP contribution in [0.15, 0.2) is 60.8 Å². The molecule has 3 heterocycles. The van der Waals surface area contributed by atoms with E-state index in [1.165, 1.54) is 11.8 Å². The van der Waals surface area contributed by atoms with Crippen LogP contribution in [0.4, 0.5) is 0 Å². The quantitative estimate of drug-likeness (QED) is 0.160. The van der Waals surface area contributed by atoms with Gasteiger partial charge in [0.05, 0.1) is 12.5 Å². The number of hydrogen-bond donors (Lipinski definition) is 7. The van der Waals surface area contributed by atoms with Crippen molar-refractivity contribution in [2.24, 2.45) is 5.92 Å². The number of H-pyrrole nitrogens is 1. The summed E-state index contributed by atoms with van der Waals surface area (Å²) in [5.74, 6) is -3.76. The predicted molar refractivity (Wildman–Crippen MR) is 226 cm³/mol. The average Bonchev–Trinajstić information content (AvgIpc) is 3.92. The summed E-state index contributed by atoms with van der Waals surface area (Å²) in [5, 5.41) is 27.4. The van der Waals surface area contributed by atoms with Gasteiger partial charge in [-0.15, -0.1) is 0 Å². The molecule has 0 unspecified atom stereocenters. The molecule has 1 aliphatic carbocycles. The Morgan fingerprint density at radius 2 is 1.51 bits per heavy atom. The Morgan fingerprint density at radius 3 is 2.26 bits per heavy atom. The van der Waals surface area contributed by atoms with Gasteiger partial charge in [-0.3, -0.25) is 33.6 Å². The molecular formula is C45H57N9O7. The van der Waals surface area contributed by atoms with E-state index in [4.69, 9.17) is 0 Å². The minimum absolute atomic E-state index is 0.0255. The van der Waals surface area contributed by atoms with Gasteiger partial charge in [0.15, 0.2) is 0 Å². The molecule has 0 bridgehead atoms. The van der Waals surface area contributed by atoms with E-state index >= 15 is 0 Å². The SMILES string of the molecule is CC(=O)N[C@@H](Cc1ccccc1)C(=O)N[C@H]1CCCNC(=O)[C@H](CC#N)NC(=O)[C@H](Cc2c[nH]c3ccccc23)NC(=O)[C@@H](CC2CCCCC2)NC(=O)[C@@H]2CCCN2C1=O. The number of aromatic nitrogens is 1. The zero-order chi connectivity index (χ0) is 43.3. The molecule has 3 aliphatic rings. The third-order valence-electron chi connectivity index (χ3n) is 12.0. The number of nitrogens with one attached hydrogen (secondary N) is 7. The summed E-state index contributed by atoms with van der Waals surface area (Å²) in [6.07, 6.45) is 7.88. The van der Waals surface area contributed by atoms with E-state index < -0.39 is 77.6 Å². The molecule has 0 radical (unpaired) electrons. The summed E-state index contributed by atoms with van der Waals surface area (Å²) in [5.41, 5.74) is 2.38. The third kappa shape index (κ3) is 12.0. The molecule has 16 nitrogen and oxygen atoms in total. The summed E-state index contributed by atoms with van der Waals surface area (Å²) in [6, 6.07) is 12.1. The van der Waals surface area contributed by atoms with E-state index in [1.54, 1.807) is 6.20 Å². The van der Waals surface area contributed by atoms with Crippen LogP contribution in [0.25, 0.3) is 10.9 Å². The van der Waals surface area contributed by atoms with Crippen LogP contribution in [0.5, 0.6) is 0 Å². The first-order valence-electron chi connectivity index (χ1n) is 21.5. The highest BCUT2D eigenvalue weighted by Crippen LogP contribution is 2.28.